The van der Waals surface area contributed by atoms with E-state index in [1.54, 1.807) is 0 Å². The molecule has 0 aromatic carbocycles. The van der Waals surface area contributed by atoms with Crippen LogP contribution in [0.15, 0.2) is 12.2 Å². The minimum atomic E-state index is 0.657. The molecule has 0 unspecified atom stereocenters. The average molecular weight is 94.2 g/mol. The maximum atomic E-state index is 2.37. The van der Waals surface area contributed by atoms with E-state index in [1.165, 1.54) is 12.8 Å². The van der Waals surface area contributed by atoms with Crippen molar-refractivity contribution in [2.24, 2.45) is 11.3 Å². The molecule has 3 aliphatic rings. The van der Waals surface area contributed by atoms with Crippen LogP contribution in [0.4, 0.5) is 0 Å². The van der Waals surface area contributed by atoms with Crippen molar-refractivity contribution in [3.8, 4) is 0 Å². The normalized spacial score (nSPS) is 54.7. The van der Waals surface area contributed by atoms with Crippen molar-refractivity contribution < 1.29 is 0 Å². The first-order valence-electron chi connectivity index (χ1n) is 2.98. The van der Waals surface area contributed by atoms with Crippen LogP contribution in [-0.4, -0.2) is 0 Å². The van der Waals surface area contributed by atoms with Crippen LogP contribution in [0.25, 0.3) is 0 Å². The molecule has 0 nitrogen and oxygen atoms in total. The first-order valence-corrected chi connectivity index (χ1v) is 2.98. The summed E-state index contributed by atoms with van der Waals surface area (Å²) in [6.45, 7) is 2.34. The summed E-state index contributed by atoms with van der Waals surface area (Å²) in [6.07, 6.45) is 7.61. The Hall–Kier alpha value is -0.260. The highest BCUT2D eigenvalue weighted by atomic mass is 14.5. The summed E-state index contributed by atoms with van der Waals surface area (Å²) in [4.78, 5) is 0. The Morgan fingerprint density at radius 2 is 2.29 bits per heavy atom. The van der Waals surface area contributed by atoms with Crippen molar-refractivity contribution in [3.63, 3.8) is 0 Å². The molecular weight excluding hydrogens is 84.1 g/mol. The van der Waals surface area contributed by atoms with E-state index in [9.17, 15) is 0 Å². The van der Waals surface area contributed by atoms with Crippen LogP contribution in [0, 0.1) is 11.3 Å². The lowest BCUT2D eigenvalue weighted by Gasteiger charge is -2.34. The average Bonchev–Trinajstić information content (AvgIpc) is 1.88. The van der Waals surface area contributed by atoms with Crippen molar-refractivity contribution in [2.75, 3.05) is 0 Å². The number of allylic oxidation sites excluding steroid dienone is 2. The fourth-order valence-electron chi connectivity index (χ4n) is 1.78. The minimum Gasteiger partial charge on any atom is -0.0848 e. The third kappa shape index (κ3) is 0.324. The predicted octanol–water partition coefficient (Wildman–Crippen LogP) is 1.97. The molecule has 7 heavy (non-hydrogen) atoms. The Bertz CT molecular complexity index is 116. The van der Waals surface area contributed by atoms with Gasteiger partial charge in [0.1, 0.15) is 0 Å². The molecule has 0 heteroatoms. The molecule has 0 radical (unpaired) electrons. The zero-order chi connectivity index (χ0) is 4.91. The van der Waals surface area contributed by atoms with Gasteiger partial charge in [0.05, 0.1) is 0 Å². The molecule has 1 fully saturated rings. The van der Waals surface area contributed by atoms with Crippen LogP contribution in [0.5, 0.6) is 0 Å². The molecule has 2 bridgehead atoms. The first-order chi connectivity index (χ1) is 3.29. The second-order valence-corrected chi connectivity index (χ2v) is 3.18. The smallest absolute Gasteiger partial charge is 0.0135 e. The summed E-state index contributed by atoms with van der Waals surface area (Å²) < 4.78 is 0. The van der Waals surface area contributed by atoms with Crippen LogP contribution >= 0.6 is 0 Å². The maximum absolute atomic E-state index is 2.37. The second-order valence-electron chi connectivity index (χ2n) is 3.18. The van der Waals surface area contributed by atoms with Crippen molar-refractivity contribution in [1.82, 2.24) is 0 Å². The fraction of sp³-hybridized carbons (Fsp3) is 0.714. The Kier molecular flexibility index (Phi) is 0.421. The predicted molar refractivity (Wildman–Crippen MR) is 30.0 cm³/mol. The van der Waals surface area contributed by atoms with Gasteiger partial charge in [0.25, 0.3) is 0 Å². The highest BCUT2D eigenvalue weighted by molar-refractivity contribution is 5.18. The zero-order valence-electron chi connectivity index (χ0n) is 4.65. The topological polar surface area (TPSA) is 0 Å². The van der Waals surface area contributed by atoms with E-state index in [1.807, 2.05) is 0 Å². The maximum Gasteiger partial charge on any atom is -0.0135 e. The lowest BCUT2D eigenvalue weighted by Crippen LogP contribution is -2.24. The fourth-order valence-corrected chi connectivity index (χ4v) is 1.78. The number of hydrogen-bond donors (Lipinski definition) is 0. The summed E-state index contributed by atoms with van der Waals surface area (Å²) in [5.74, 6) is 0.977. The molecule has 0 atom stereocenters. The third-order valence-electron chi connectivity index (χ3n) is 2.23. The van der Waals surface area contributed by atoms with Crippen LogP contribution in [0.3, 0.4) is 0 Å². The third-order valence-corrected chi connectivity index (χ3v) is 2.23. The quantitative estimate of drug-likeness (QED) is 0.402. The molecule has 0 N–H and O–H groups in total. The van der Waals surface area contributed by atoms with Gasteiger partial charge in [-0.1, -0.05) is 19.1 Å². The standard InChI is InChI=1S/C7H10/c1-7-3-2-6(4-7)5-7/h2-3,6H,4-5H2,1H3. The lowest BCUT2D eigenvalue weighted by atomic mass is 9.70. The number of hydrogen-bond acceptors (Lipinski definition) is 0. The summed E-state index contributed by atoms with van der Waals surface area (Å²) in [7, 11) is 0. The van der Waals surface area contributed by atoms with E-state index < -0.39 is 0 Å². The molecule has 1 saturated carbocycles. The SMILES string of the molecule is CC12C=CC(C1)C2. The van der Waals surface area contributed by atoms with Crippen molar-refractivity contribution in [1.29, 1.82) is 0 Å². The zero-order valence-corrected chi connectivity index (χ0v) is 4.65. The highest BCUT2D eigenvalue weighted by Crippen LogP contribution is 2.52. The lowest BCUT2D eigenvalue weighted by molar-refractivity contribution is 0.202. The molecule has 0 aromatic heterocycles. The summed E-state index contributed by atoms with van der Waals surface area (Å²) in [5.41, 5.74) is 0.657. The van der Waals surface area contributed by atoms with Gasteiger partial charge in [-0.3, -0.25) is 0 Å². The molecule has 0 aromatic rings. The summed E-state index contributed by atoms with van der Waals surface area (Å²) in [6, 6.07) is 0. The van der Waals surface area contributed by atoms with E-state index in [0.29, 0.717) is 5.41 Å². The van der Waals surface area contributed by atoms with Crippen LogP contribution in [0.2, 0.25) is 0 Å². The van der Waals surface area contributed by atoms with E-state index in [4.69, 9.17) is 0 Å². The van der Waals surface area contributed by atoms with Gasteiger partial charge in [-0.25, -0.2) is 0 Å². The van der Waals surface area contributed by atoms with E-state index >= 15 is 0 Å². The second kappa shape index (κ2) is 0.795. The van der Waals surface area contributed by atoms with Gasteiger partial charge in [0.15, 0.2) is 0 Å². The Labute approximate surface area is 44.2 Å². The molecule has 0 amide bonds. The van der Waals surface area contributed by atoms with Gasteiger partial charge < -0.3 is 0 Å². The van der Waals surface area contributed by atoms with Crippen LogP contribution in [-0.2, 0) is 0 Å². The Balaban J connectivity index is 2.33. The molecule has 0 saturated heterocycles. The van der Waals surface area contributed by atoms with Gasteiger partial charge in [-0.15, -0.1) is 0 Å². The van der Waals surface area contributed by atoms with Gasteiger partial charge in [0, 0.05) is 0 Å². The van der Waals surface area contributed by atoms with Crippen LogP contribution in [0.1, 0.15) is 19.8 Å². The van der Waals surface area contributed by atoms with Gasteiger partial charge >= 0.3 is 0 Å². The summed E-state index contributed by atoms with van der Waals surface area (Å²) >= 11 is 0. The summed E-state index contributed by atoms with van der Waals surface area (Å²) in [5, 5.41) is 0. The van der Waals surface area contributed by atoms with Gasteiger partial charge in [-0.2, -0.15) is 0 Å². The molecule has 3 rings (SSSR count). The largest absolute Gasteiger partial charge is 0.0848 e. The molecular formula is C7H10. The van der Waals surface area contributed by atoms with Crippen molar-refractivity contribution in [2.45, 2.75) is 19.8 Å². The highest BCUT2D eigenvalue weighted by Gasteiger charge is 2.41. The minimum absolute atomic E-state index is 0.657. The first kappa shape index (κ1) is 3.71. The van der Waals surface area contributed by atoms with Gasteiger partial charge in [0.2, 0.25) is 0 Å². The Morgan fingerprint density at radius 1 is 1.57 bits per heavy atom. The molecule has 3 aliphatic carbocycles. The van der Waals surface area contributed by atoms with Crippen molar-refractivity contribution in [3.05, 3.63) is 12.2 Å². The molecule has 38 valence electrons. The van der Waals surface area contributed by atoms with Gasteiger partial charge in [-0.05, 0) is 24.2 Å². The Morgan fingerprint density at radius 3 is 2.43 bits per heavy atom. The molecule has 0 aliphatic heterocycles. The molecule has 0 spiro atoms. The number of rotatable bonds is 0. The van der Waals surface area contributed by atoms with E-state index in [0.717, 1.165) is 5.92 Å². The monoisotopic (exact) mass is 94.1 g/mol. The van der Waals surface area contributed by atoms with Crippen LogP contribution < -0.4 is 0 Å². The van der Waals surface area contributed by atoms with Crippen molar-refractivity contribution >= 4 is 0 Å². The van der Waals surface area contributed by atoms with E-state index in [2.05, 4.69) is 19.1 Å². The van der Waals surface area contributed by atoms with E-state index in [-0.39, 0.29) is 0 Å². The molecule has 0 heterocycles.